The zero-order valence-electron chi connectivity index (χ0n) is 12.4. The van der Waals surface area contributed by atoms with Crippen LogP contribution in [0, 0.1) is 22.7 Å². The standard InChI is InChI=1S/C17H11N7/c18-9-12-1-5-14(6-2-12)21-16-11-20-24-17(23-16)22-15-7-3-13(10-19)4-8-15/h1-8,11H,(H2,21,22,23,24). The molecule has 0 saturated carbocycles. The van der Waals surface area contributed by atoms with Crippen molar-refractivity contribution in [3.63, 3.8) is 0 Å². The normalized spacial score (nSPS) is 9.58. The van der Waals surface area contributed by atoms with E-state index in [4.69, 9.17) is 10.5 Å². The first-order chi connectivity index (χ1) is 11.8. The van der Waals surface area contributed by atoms with Crippen LogP contribution >= 0.6 is 0 Å². The van der Waals surface area contributed by atoms with Crippen LogP contribution in [0.4, 0.5) is 23.1 Å². The van der Waals surface area contributed by atoms with Crippen molar-refractivity contribution >= 4 is 23.1 Å². The Labute approximate surface area is 138 Å². The first kappa shape index (κ1) is 14.9. The van der Waals surface area contributed by atoms with Gasteiger partial charge in [-0.1, -0.05) is 0 Å². The van der Waals surface area contributed by atoms with Crippen molar-refractivity contribution in [3.05, 3.63) is 65.9 Å². The fraction of sp³-hybridized carbons (Fsp3) is 0. The highest BCUT2D eigenvalue weighted by Gasteiger charge is 2.03. The molecule has 0 aliphatic rings. The summed E-state index contributed by atoms with van der Waals surface area (Å²) in [6.07, 6.45) is 1.50. The minimum absolute atomic E-state index is 0.332. The van der Waals surface area contributed by atoms with E-state index in [0.717, 1.165) is 11.4 Å². The largest absolute Gasteiger partial charge is 0.339 e. The number of rotatable bonds is 4. The molecule has 1 heterocycles. The molecule has 0 unspecified atom stereocenters. The molecule has 0 saturated heterocycles. The number of anilines is 4. The molecule has 3 aromatic rings. The van der Waals surface area contributed by atoms with E-state index in [1.54, 1.807) is 48.5 Å². The Bertz CT molecular complexity index is 844. The van der Waals surface area contributed by atoms with Crippen molar-refractivity contribution in [2.24, 2.45) is 0 Å². The first-order valence-corrected chi connectivity index (χ1v) is 7.01. The van der Waals surface area contributed by atoms with Gasteiger partial charge >= 0.3 is 0 Å². The summed E-state index contributed by atoms with van der Waals surface area (Å²) in [6.45, 7) is 0. The summed E-state index contributed by atoms with van der Waals surface area (Å²) in [5.74, 6) is 0.851. The third-order valence-electron chi connectivity index (χ3n) is 3.12. The molecule has 0 radical (unpaired) electrons. The number of nitrogens with zero attached hydrogens (tertiary/aromatic N) is 5. The lowest BCUT2D eigenvalue weighted by Crippen LogP contribution is -2.02. The van der Waals surface area contributed by atoms with Gasteiger partial charge in [0.1, 0.15) is 0 Å². The highest BCUT2D eigenvalue weighted by Crippen LogP contribution is 2.17. The van der Waals surface area contributed by atoms with E-state index in [-0.39, 0.29) is 0 Å². The fourth-order valence-electron chi connectivity index (χ4n) is 1.95. The Morgan fingerprint density at radius 1 is 0.750 bits per heavy atom. The van der Waals surface area contributed by atoms with Crippen LogP contribution < -0.4 is 10.6 Å². The van der Waals surface area contributed by atoms with E-state index >= 15 is 0 Å². The lowest BCUT2D eigenvalue weighted by Gasteiger charge is -2.07. The summed E-state index contributed by atoms with van der Waals surface area (Å²) in [5, 5.41) is 31.5. The quantitative estimate of drug-likeness (QED) is 0.761. The van der Waals surface area contributed by atoms with Gasteiger partial charge in [-0.25, -0.2) is 0 Å². The van der Waals surface area contributed by atoms with Gasteiger partial charge in [0.25, 0.3) is 0 Å². The van der Waals surface area contributed by atoms with Crippen LogP contribution in [0.3, 0.4) is 0 Å². The summed E-state index contributed by atoms with van der Waals surface area (Å²) in [6, 6.07) is 18.1. The van der Waals surface area contributed by atoms with E-state index in [1.165, 1.54) is 6.20 Å². The molecule has 114 valence electrons. The minimum Gasteiger partial charge on any atom is -0.339 e. The summed E-state index contributed by atoms with van der Waals surface area (Å²) < 4.78 is 0. The molecule has 7 nitrogen and oxygen atoms in total. The zero-order chi connectivity index (χ0) is 16.8. The van der Waals surface area contributed by atoms with E-state index in [2.05, 4.69) is 38.0 Å². The van der Waals surface area contributed by atoms with Gasteiger partial charge < -0.3 is 10.6 Å². The number of hydrogen-bond donors (Lipinski definition) is 2. The topological polar surface area (TPSA) is 110 Å². The Hall–Kier alpha value is -3.97. The maximum Gasteiger partial charge on any atom is 0.249 e. The molecular formula is C17H11N7. The molecule has 24 heavy (non-hydrogen) atoms. The number of nitriles is 2. The monoisotopic (exact) mass is 313 g/mol. The van der Waals surface area contributed by atoms with Crippen molar-refractivity contribution in [3.8, 4) is 12.1 Å². The lowest BCUT2D eigenvalue weighted by molar-refractivity contribution is 0.982. The Morgan fingerprint density at radius 3 is 1.83 bits per heavy atom. The van der Waals surface area contributed by atoms with Crippen LogP contribution in [-0.4, -0.2) is 15.2 Å². The first-order valence-electron chi connectivity index (χ1n) is 7.01. The average molecular weight is 313 g/mol. The second kappa shape index (κ2) is 6.86. The molecule has 0 atom stereocenters. The number of benzene rings is 2. The number of hydrogen-bond acceptors (Lipinski definition) is 7. The Morgan fingerprint density at radius 2 is 1.29 bits per heavy atom. The minimum atomic E-state index is 0.332. The second-order valence-corrected chi connectivity index (χ2v) is 4.79. The van der Waals surface area contributed by atoms with Gasteiger partial charge in [-0.05, 0) is 48.5 Å². The van der Waals surface area contributed by atoms with Gasteiger partial charge in [-0.2, -0.15) is 20.6 Å². The Kier molecular flexibility index (Phi) is 4.27. The van der Waals surface area contributed by atoms with E-state index in [0.29, 0.717) is 22.9 Å². The summed E-state index contributed by atoms with van der Waals surface area (Å²) in [4.78, 5) is 4.32. The number of nitrogens with one attached hydrogen (secondary N) is 2. The predicted molar refractivity (Wildman–Crippen MR) is 88.7 cm³/mol. The third-order valence-corrected chi connectivity index (χ3v) is 3.12. The molecule has 0 spiro atoms. The molecule has 0 bridgehead atoms. The number of aromatic nitrogens is 3. The van der Waals surface area contributed by atoms with Crippen molar-refractivity contribution in [1.29, 1.82) is 10.5 Å². The maximum absolute atomic E-state index is 8.80. The smallest absolute Gasteiger partial charge is 0.249 e. The fourth-order valence-corrected chi connectivity index (χ4v) is 1.95. The molecule has 0 aliphatic heterocycles. The predicted octanol–water partition coefficient (Wildman–Crippen LogP) is 3.10. The van der Waals surface area contributed by atoms with Crippen LogP contribution in [0.2, 0.25) is 0 Å². The van der Waals surface area contributed by atoms with Crippen molar-refractivity contribution < 1.29 is 0 Å². The van der Waals surface area contributed by atoms with Gasteiger partial charge in [0, 0.05) is 11.4 Å². The second-order valence-electron chi connectivity index (χ2n) is 4.79. The van der Waals surface area contributed by atoms with Gasteiger partial charge in [-0.3, -0.25) is 0 Å². The van der Waals surface area contributed by atoms with Gasteiger partial charge in [0.15, 0.2) is 5.82 Å². The molecule has 0 fully saturated rings. The van der Waals surface area contributed by atoms with Crippen molar-refractivity contribution in [1.82, 2.24) is 15.2 Å². The van der Waals surface area contributed by atoms with Crippen LogP contribution in [0.5, 0.6) is 0 Å². The molecule has 1 aromatic heterocycles. The highest BCUT2D eigenvalue weighted by molar-refractivity contribution is 5.59. The molecule has 0 amide bonds. The van der Waals surface area contributed by atoms with Gasteiger partial charge in [-0.15, -0.1) is 5.10 Å². The van der Waals surface area contributed by atoms with E-state index in [9.17, 15) is 0 Å². The van der Waals surface area contributed by atoms with Crippen LogP contribution in [0.1, 0.15) is 11.1 Å². The summed E-state index contributed by atoms with van der Waals surface area (Å²) >= 11 is 0. The molecular weight excluding hydrogens is 302 g/mol. The molecule has 0 aliphatic carbocycles. The molecule has 7 heteroatoms. The van der Waals surface area contributed by atoms with Crippen LogP contribution in [0.25, 0.3) is 0 Å². The van der Waals surface area contributed by atoms with E-state index < -0.39 is 0 Å². The summed E-state index contributed by atoms with van der Waals surface area (Å²) in [7, 11) is 0. The third kappa shape index (κ3) is 3.62. The van der Waals surface area contributed by atoms with Crippen LogP contribution in [0.15, 0.2) is 54.7 Å². The van der Waals surface area contributed by atoms with Crippen LogP contribution in [-0.2, 0) is 0 Å². The average Bonchev–Trinajstić information content (AvgIpc) is 2.63. The van der Waals surface area contributed by atoms with Crippen molar-refractivity contribution in [2.75, 3.05) is 10.6 Å². The van der Waals surface area contributed by atoms with Gasteiger partial charge in [0.05, 0.1) is 29.5 Å². The molecule has 2 N–H and O–H groups in total. The maximum atomic E-state index is 8.80. The van der Waals surface area contributed by atoms with E-state index in [1.807, 2.05) is 0 Å². The SMILES string of the molecule is N#Cc1ccc(Nc2cnnc(Nc3ccc(C#N)cc3)n2)cc1. The summed E-state index contributed by atoms with van der Waals surface area (Å²) in [5.41, 5.74) is 2.71. The zero-order valence-corrected chi connectivity index (χ0v) is 12.4. The van der Waals surface area contributed by atoms with Crippen molar-refractivity contribution in [2.45, 2.75) is 0 Å². The molecule has 3 rings (SSSR count). The highest BCUT2D eigenvalue weighted by atomic mass is 15.3. The van der Waals surface area contributed by atoms with Gasteiger partial charge in [0.2, 0.25) is 5.95 Å². The molecule has 2 aromatic carbocycles. The Balaban J connectivity index is 1.73. The lowest BCUT2D eigenvalue weighted by atomic mass is 10.2.